The third kappa shape index (κ3) is 5.40. The van der Waals surface area contributed by atoms with Crippen molar-refractivity contribution in [1.82, 2.24) is 0 Å². The quantitative estimate of drug-likeness (QED) is 0.828. The van der Waals surface area contributed by atoms with Crippen molar-refractivity contribution in [2.75, 3.05) is 17.3 Å². The second-order valence-electron chi connectivity index (χ2n) is 5.65. The highest BCUT2D eigenvalue weighted by atomic mass is 32.2. The minimum atomic E-state index is -3.29. The minimum Gasteiger partial charge on any atom is -0.322 e. The van der Waals surface area contributed by atoms with Crippen LogP contribution in [0.3, 0.4) is 0 Å². The van der Waals surface area contributed by atoms with Gasteiger partial charge in [-0.05, 0) is 42.0 Å². The van der Waals surface area contributed by atoms with Crippen LogP contribution in [-0.2, 0) is 25.4 Å². The lowest BCUT2D eigenvalue weighted by Gasteiger charge is -2.08. The highest BCUT2D eigenvalue weighted by Gasteiger charge is 2.12. The monoisotopic (exact) mass is 381 g/mol. The molecule has 0 aromatic heterocycles. The Kier molecular flexibility index (Phi) is 5.64. The van der Waals surface area contributed by atoms with E-state index in [9.17, 15) is 21.6 Å². The fraction of sp³-hybridized carbons (Fsp3) is 0.235. The van der Waals surface area contributed by atoms with E-state index in [1.54, 1.807) is 25.1 Å². The third-order valence-electron chi connectivity index (χ3n) is 3.47. The molecule has 0 radical (unpaired) electrons. The van der Waals surface area contributed by atoms with Crippen molar-refractivity contribution in [3.8, 4) is 0 Å². The normalized spacial score (nSPS) is 11.9. The van der Waals surface area contributed by atoms with E-state index in [1.165, 1.54) is 30.3 Å². The maximum atomic E-state index is 12.3. The Hall–Kier alpha value is -2.19. The molecule has 0 aliphatic carbocycles. The van der Waals surface area contributed by atoms with Crippen LogP contribution in [-0.4, -0.2) is 34.8 Å². The zero-order valence-electron chi connectivity index (χ0n) is 13.9. The molecule has 6 nitrogen and oxygen atoms in total. The first-order chi connectivity index (χ1) is 11.6. The van der Waals surface area contributed by atoms with Crippen LogP contribution in [0.25, 0.3) is 0 Å². The van der Waals surface area contributed by atoms with Gasteiger partial charge in [0.2, 0.25) is 0 Å². The van der Waals surface area contributed by atoms with Crippen molar-refractivity contribution < 1.29 is 21.6 Å². The molecule has 2 aromatic rings. The second-order valence-corrected chi connectivity index (χ2v) is 10.1. The lowest BCUT2D eigenvalue weighted by molar-refractivity contribution is 0.102. The van der Waals surface area contributed by atoms with Gasteiger partial charge in [-0.3, -0.25) is 4.79 Å². The van der Waals surface area contributed by atoms with Gasteiger partial charge in [-0.25, -0.2) is 16.8 Å². The van der Waals surface area contributed by atoms with Crippen molar-refractivity contribution in [3.63, 3.8) is 0 Å². The highest BCUT2D eigenvalue weighted by Crippen LogP contribution is 2.17. The van der Waals surface area contributed by atoms with E-state index < -0.39 is 25.6 Å². The molecule has 8 heteroatoms. The summed E-state index contributed by atoms with van der Waals surface area (Å²) in [6.07, 6.45) is 1.13. The van der Waals surface area contributed by atoms with E-state index in [0.29, 0.717) is 16.8 Å². The van der Waals surface area contributed by atoms with Crippen molar-refractivity contribution in [2.45, 2.75) is 17.6 Å². The molecular weight excluding hydrogens is 362 g/mol. The molecule has 0 aliphatic rings. The standard InChI is InChI=1S/C17H19NO5S2/c1-3-25(22,23)16-9-7-15(8-10-16)18-17(19)14-6-4-5-13(11-14)12-24(2,20)21/h4-11H,3,12H2,1-2H3,(H,18,19). The van der Waals surface area contributed by atoms with Gasteiger partial charge in [0.1, 0.15) is 0 Å². The summed E-state index contributed by atoms with van der Waals surface area (Å²) in [5, 5.41) is 2.66. The second kappa shape index (κ2) is 7.37. The molecular formula is C17H19NO5S2. The van der Waals surface area contributed by atoms with Gasteiger partial charge in [0.25, 0.3) is 5.91 Å². The molecule has 2 rings (SSSR count). The van der Waals surface area contributed by atoms with Crippen molar-refractivity contribution in [3.05, 3.63) is 59.7 Å². The Morgan fingerprint density at radius 3 is 2.20 bits per heavy atom. The Balaban J connectivity index is 2.16. The first-order valence-corrected chi connectivity index (χ1v) is 11.2. The van der Waals surface area contributed by atoms with Gasteiger partial charge in [0.05, 0.1) is 16.4 Å². The molecule has 25 heavy (non-hydrogen) atoms. The number of anilines is 1. The van der Waals surface area contributed by atoms with Crippen molar-refractivity contribution in [2.24, 2.45) is 0 Å². The van der Waals surface area contributed by atoms with Crippen molar-refractivity contribution >= 4 is 31.3 Å². The largest absolute Gasteiger partial charge is 0.322 e. The first-order valence-electron chi connectivity index (χ1n) is 7.51. The first kappa shape index (κ1) is 19.1. The predicted octanol–water partition coefficient (Wildman–Crippen LogP) is 2.28. The third-order valence-corrected chi connectivity index (χ3v) is 6.08. The summed E-state index contributed by atoms with van der Waals surface area (Å²) in [6, 6.07) is 12.3. The molecule has 2 aromatic carbocycles. The maximum absolute atomic E-state index is 12.3. The summed E-state index contributed by atoms with van der Waals surface area (Å²) in [4.78, 5) is 12.5. The number of carbonyl (C=O) groups excluding carboxylic acids is 1. The molecule has 0 unspecified atom stereocenters. The van der Waals surface area contributed by atoms with Gasteiger partial charge >= 0.3 is 0 Å². The number of nitrogens with one attached hydrogen (secondary N) is 1. The SMILES string of the molecule is CCS(=O)(=O)c1ccc(NC(=O)c2cccc(CS(C)(=O)=O)c2)cc1. The van der Waals surface area contributed by atoms with Crippen LogP contribution >= 0.6 is 0 Å². The topological polar surface area (TPSA) is 97.4 Å². The average Bonchev–Trinajstić information content (AvgIpc) is 2.54. The molecule has 0 aliphatic heterocycles. The van der Waals surface area contributed by atoms with Crippen LogP contribution in [0.2, 0.25) is 0 Å². The summed E-state index contributed by atoms with van der Waals surface area (Å²) < 4.78 is 46.3. The molecule has 0 saturated carbocycles. The molecule has 0 fully saturated rings. The summed E-state index contributed by atoms with van der Waals surface area (Å²) in [5.74, 6) is -0.537. The zero-order valence-corrected chi connectivity index (χ0v) is 15.5. The van der Waals surface area contributed by atoms with E-state index in [-0.39, 0.29) is 16.4 Å². The number of hydrogen-bond donors (Lipinski definition) is 1. The molecule has 0 saturated heterocycles. The molecule has 0 bridgehead atoms. The Morgan fingerprint density at radius 1 is 1.00 bits per heavy atom. The van der Waals surface area contributed by atoms with E-state index in [4.69, 9.17) is 0 Å². The minimum absolute atomic E-state index is 0.00579. The van der Waals surface area contributed by atoms with Crippen LogP contribution in [0.1, 0.15) is 22.8 Å². The Labute approximate surface area is 147 Å². The lowest BCUT2D eigenvalue weighted by atomic mass is 10.1. The van der Waals surface area contributed by atoms with E-state index >= 15 is 0 Å². The number of amides is 1. The van der Waals surface area contributed by atoms with E-state index in [2.05, 4.69) is 5.32 Å². The smallest absolute Gasteiger partial charge is 0.255 e. The van der Waals surface area contributed by atoms with Crippen LogP contribution in [0.5, 0.6) is 0 Å². The van der Waals surface area contributed by atoms with Gasteiger partial charge in [-0.1, -0.05) is 19.1 Å². The molecule has 1 N–H and O–H groups in total. The number of carbonyl (C=O) groups is 1. The van der Waals surface area contributed by atoms with Crippen LogP contribution in [0.15, 0.2) is 53.4 Å². The molecule has 134 valence electrons. The van der Waals surface area contributed by atoms with Crippen molar-refractivity contribution in [1.29, 1.82) is 0 Å². The number of rotatable bonds is 6. The predicted molar refractivity (Wildman–Crippen MR) is 97.1 cm³/mol. The summed E-state index contributed by atoms with van der Waals surface area (Å²) >= 11 is 0. The molecule has 0 heterocycles. The summed E-state index contributed by atoms with van der Waals surface area (Å²) in [6.45, 7) is 1.56. The average molecular weight is 381 g/mol. The number of hydrogen-bond acceptors (Lipinski definition) is 5. The summed E-state index contributed by atoms with van der Waals surface area (Å²) in [7, 11) is -6.48. The number of benzene rings is 2. The fourth-order valence-electron chi connectivity index (χ4n) is 2.22. The molecule has 0 spiro atoms. The highest BCUT2D eigenvalue weighted by molar-refractivity contribution is 7.91. The zero-order chi connectivity index (χ0) is 18.7. The van der Waals surface area contributed by atoms with Crippen LogP contribution in [0.4, 0.5) is 5.69 Å². The van der Waals surface area contributed by atoms with E-state index in [0.717, 1.165) is 6.26 Å². The Bertz CT molecular complexity index is 978. The molecule has 0 atom stereocenters. The summed E-state index contributed by atoms with van der Waals surface area (Å²) in [5.41, 5.74) is 1.31. The van der Waals surface area contributed by atoms with E-state index in [1.807, 2.05) is 0 Å². The molecule has 1 amide bonds. The lowest BCUT2D eigenvalue weighted by Crippen LogP contribution is -2.13. The van der Waals surface area contributed by atoms with Crippen LogP contribution in [0, 0.1) is 0 Å². The Morgan fingerprint density at radius 2 is 1.64 bits per heavy atom. The van der Waals surface area contributed by atoms with Gasteiger partial charge in [-0.2, -0.15) is 0 Å². The fourth-order valence-corrected chi connectivity index (χ4v) is 3.89. The van der Waals surface area contributed by atoms with Gasteiger partial charge in [-0.15, -0.1) is 0 Å². The van der Waals surface area contributed by atoms with Gasteiger partial charge in [0, 0.05) is 17.5 Å². The maximum Gasteiger partial charge on any atom is 0.255 e. The van der Waals surface area contributed by atoms with Gasteiger partial charge < -0.3 is 5.32 Å². The van der Waals surface area contributed by atoms with Gasteiger partial charge in [0.15, 0.2) is 19.7 Å². The van der Waals surface area contributed by atoms with Crippen LogP contribution < -0.4 is 5.32 Å². The number of sulfone groups is 2.